The quantitative estimate of drug-likeness (QED) is 0.437. The van der Waals surface area contributed by atoms with Crippen LogP contribution in [0.2, 0.25) is 0 Å². The number of rotatable bonds is 5. The predicted octanol–water partition coefficient (Wildman–Crippen LogP) is 7.05. The summed E-state index contributed by atoms with van der Waals surface area (Å²) in [4.78, 5) is 4.57. The Hall–Kier alpha value is -2.89. The number of hydrogen-bond acceptors (Lipinski definition) is 2. The summed E-state index contributed by atoms with van der Waals surface area (Å²) in [5.41, 5.74) is 3.13. The van der Waals surface area contributed by atoms with Crippen molar-refractivity contribution < 1.29 is 17.6 Å². The molecule has 0 saturated heterocycles. The summed E-state index contributed by atoms with van der Waals surface area (Å²) in [5, 5.41) is 2.98. The number of hydrogen-bond donors (Lipinski definition) is 1. The Morgan fingerprint density at radius 3 is 2.25 bits per heavy atom. The molecule has 0 saturated carbocycles. The number of nitrogens with one attached hydrogen (secondary N) is 1. The minimum atomic E-state index is -4.41. The molecule has 2 nitrogen and oxygen atoms in total. The Morgan fingerprint density at radius 1 is 1.14 bits per heavy atom. The van der Waals surface area contributed by atoms with Crippen LogP contribution in [0.3, 0.4) is 0 Å². The first-order valence-electron chi connectivity index (χ1n) is 8.65. The van der Waals surface area contributed by atoms with Crippen LogP contribution in [-0.4, -0.2) is 11.2 Å². The Bertz CT molecular complexity index is 936. The van der Waals surface area contributed by atoms with Crippen molar-refractivity contribution in [2.45, 2.75) is 33.9 Å². The molecule has 0 radical (unpaired) electrons. The fourth-order valence-corrected chi connectivity index (χ4v) is 2.71. The Labute approximate surface area is 162 Å². The number of anilines is 1. The molecule has 2 rings (SSSR count). The van der Waals surface area contributed by atoms with E-state index in [4.69, 9.17) is 0 Å². The molecule has 1 aromatic heterocycles. The summed E-state index contributed by atoms with van der Waals surface area (Å²) in [7, 11) is 0. The van der Waals surface area contributed by atoms with Crippen molar-refractivity contribution in [3.05, 3.63) is 77.3 Å². The lowest BCUT2D eigenvalue weighted by Crippen LogP contribution is -2.11. The van der Waals surface area contributed by atoms with Gasteiger partial charge in [0, 0.05) is 22.4 Å². The smallest absolute Gasteiger partial charge is 0.340 e. The topological polar surface area (TPSA) is 24.9 Å². The van der Waals surface area contributed by atoms with Gasteiger partial charge in [-0.25, -0.2) is 9.37 Å². The van der Waals surface area contributed by atoms with E-state index >= 15 is 0 Å². The number of aryl methyl sites for hydroxylation is 1. The fraction of sp³-hybridized carbons (Fsp3) is 0.227. The van der Waals surface area contributed by atoms with E-state index in [1.54, 1.807) is 32.1 Å². The van der Waals surface area contributed by atoms with Crippen LogP contribution in [0.25, 0.3) is 16.8 Å². The summed E-state index contributed by atoms with van der Waals surface area (Å²) in [6, 6.07) is 7.71. The second-order valence-corrected chi connectivity index (χ2v) is 6.53. The third-order valence-corrected chi connectivity index (χ3v) is 4.18. The highest BCUT2D eigenvalue weighted by Crippen LogP contribution is 2.31. The number of pyridine rings is 1. The average molecular weight is 390 g/mol. The number of nitrogens with zero attached hydrogens (tertiary/aromatic N) is 1. The molecular formula is C22H22F4N2. The highest BCUT2D eigenvalue weighted by Gasteiger charge is 2.30. The lowest BCUT2D eigenvalue weighted by molar-refractivity contribution is -0.0913. The summed E-state index contributed by atoms with van der Waals surface area (Å²) >= 11 is 0. The lowest BCUT2D eigenvalue weighted by Gasteiger charge is -2.17. The van der Waals surface area contributed by atoms with E-state index < -0.39 is 11.7 Å². The van der Waals surface area contributed by atoms with Gasteiger partial charge in [0.2, 0.25) is 0 Å². The maximum atomic E-state index is 13.2. The summed E-state index contributed by atoms with van der Waals surface area (Å²) < 4.78 is 51.9. The maximum absolute atomic E-state index is 13.2. The molecule has 2 aromatic rings. The number of benzene rings is 1. The molecule has 0 aliphatic carbocycles. The average Bonchev–Trinajstić information content (AvgIpc) is 2.60. The van der Waals surface area contributed by atoms with Gasteiger partial charge < -0.3 is 5.32 Å². The maximum Gasteiger partial charge on any atom is 0.412 e. The second-order valence-electron chi connectivity index (χ2n) is 6.53. The third kappa shape index (κ3) is 5.09. The summed E-state index contributed by atoms with van der Waals surface area (Å²) in [6.07, 6.45) is -1.84. The molecule has 0 unspecified atom stereocenters. The van der Waals surface area contributed by atoms with Crippen molar-refractivity contribution in [3.63, 3.8) is 0 Å². The summed E-state index contributed by atoms with van der Waals surface area (Å²) in [5.74, 6) is 0.0347. The normalized spacial score (nSPS) is 12.9. The minimum Gasteiger partial charge on any atom is -0.340 e. The number of halogens is 4. The van der Waals surface area contributed by atoms with E-state index in [1.807, 2.05) is 13.0 Å². The molecule has 0 aliphatic rings. The molecular weight excluding hydrogens is 368 g/mol. The van der Waals surface area contributed by atoms with E-state index in [9.17, 15) is 17.6 Å². The van der Waals surface area contributed by atoms with Crippen LogP contribution in [0.15, 0.2) is 60.3 Å². The lowest BCUT2D eigenvalue weighted by atomic mass is 10.0. The first kappa shape index (κ1) is 21.4. The molecule has 0 aliphatic heterocycles. The molecule has 6 heteroatoms. The Kier molecular flexibility index (Phi) is 6.44. The Balaban J connectivity index is 2.54. The van der Waals surface area contributed by atoms with E-state index in [0.717, 1.165) is 29.7 Å². The van der Waals surface area contributed by atoms with Crippen LogP contribution in [0.5, 0.6) is 0 Å². The van der Waals surface area contributed by atoms with Gasteiger partial charge in [0.15, 0.2) is 0 Å². The zero-order chi connectivity index (χ0) is 21.1. The van der Waals surface area contributed by atoms with E-state index in [2.05, 4.69) is 16.9 Å². The molecule has 0 spiro atoms. The number of aromatic nitrogens is 1. The third-order valence-electron chi connectivity index (χ3n) is 4.18. The highest BCUT2D eigenvalue weighted by molar-refractivity contribution is 5.78. The van der Waals surface area contributed by atoms with Crippen molar-refractivity contribution in [2.75, 3.05) is 5.32 Å². The molecule has 148 valence electrons. The van der Waals surface area contributed by atoms with Gasteiger partial charge in [-0.05, 0) is 75.2 Å². The van der Waals surface area contributed by atoms with Crippen molar-refractivity contribution in [1.82, 2.24) is 4.98 Å². The number of alkyl halides is 3. The molecule has 28 heavy (non-hydrogen) atoms. The molecule has 1 N–H and O–H groups in total. The van der Waals surface area contributed by atoms with Gasteiger partial charge in [-0.15, -0.1) is 0 Å². The van der Waals surface area contributed by atoms with Gasteiger partial charge in [0.05, 0.1) is 5.69 Å². The van der Waals surface area contributed by atoms with E-state index in [1.165, 1.54) is 12.1 Å². The van der Waals surface area contributed by atoms with Gasteiger partial charge >= 0.3 is 6.18 Å². The highest BCUT2D eigenvalue weighted by atomic mass is 19.4. The van der Waals surface area contributed by atoms with Crippen LogP contribution in [0, 0.1) is 12.7 Å². The standard InChI is InChI=1S/C22H22F4N2/c1-6-18(12-15(5)22(24,25)26)27-21-20(13(2)3)14(4)11-19(28-21)16-7-9-17(23)10-8-16/h6-12H,2H2,1,3-5H3,(H,27,28)/b15-12+,18-6+. The van der Waals surface area contributed by atoms with Gasteiger partial charge in [-0.1, -0.05) is 12.7 Å². The molecule has 1 heterocycles. The molecule has 0 amide bonds. The SMILES string of the molecule is C=C(C)c1c(C)cc(-c2ccc(F)cc2)nc1NC(=C/C)/C=C(\C)C(F)(F)F. The van der Waals surface area contributed by atoms with E-state index in [0.29, 0.717) is 17.1 Å². The molecule has 0 bridgehead atoms. The van der Waals surface area contributed by atoms with Crippen LogP contribution < -0.4 is 5.32 Å². The van der Waals surface area contributed by atoms with Crippen molar-refractivity contribution in [1.29, 1.82) is 0 Å². The monoisotopic (exact) mass is 390 g/mol. The van der Waals surface area contributed by atoms with Crippen LogP contribution in [0.1, 0.15) is 31.9 Å². The van der Waals surface area contributed by atoms with Gasteiger partial charge in [0.25, 0.3) is 0 Å². The molecule has 0 atom stereocenters. The Morgan fingerprint density at radius 2 is 1.75 bits per heavy atom. The minimum absolute atomic E-state index is 0.264. The van der Waals surface area contributed by atoms with Gasteiger partial charge in [0.1, 0.15) is 11.6 Å². The first-order chi connectivity index (χ1) is 13.0. The predicted molar refractivity (Wildman–Crippen MR) is 106 cm³/mol. The zero-order valence-corrected chi connectivity index (χ0v) is 16.2. The van der Waals surface area contributed by atoms with Crippen molar-refractivity contribution in [3.8, 4) is 11.3 Å². The van der Waals surface area contributed by atoms with E-state index in [-0.39, 0.29) is 11.5 Å². The van der Waals surface area contributed by atoms with Gasteiger partial charge in [-0.2, -0.15) is 13.2 Å². The fourth-order valence-electron chi connectivity index (χ4n) is 2.71. The first-order valence-corrected chi connectivity index (χ1v) is 8.65. The zero-order valence-electron chi connectivity index (χ0n) is 16.2. The largest absolute Gasteiger partial charge is 0.412 e. The summed E-state index contributed by atoms with van der Waals surface area (Å²) in [6.45, 7) is 10.3. The van der Waals surface area contributed by atoms with Crippen LogP contribution in [-0.2, 0) is 0 Å². The number of allylic oxidation sites excluding steroid dienone is 4. The van der Waals surface area contributed by atoms with Crippen molar-refractivity contribution in [2.24, 2.45) is 0 Å². The van der Waals surface area contributed by atoms with Crippen molar-refractivity contribution >= 4 is 11.4 Å². The second kappa shape index (κ2) is 8.42. The molecule has 1 aromatic carbocycles. The van der Waals surface area contributed by atoms with Gasteiger partial charge in [-0.3, -0.25) is 0 Å². The molecule has 0 fully saturated rings. The van der Waals surface area contributed by atoms with Crippen LogP contribution >= 0.6 is 0 Å². The van der Waals surface area contributed by atoms with Crippen LogP contribution in [0.4, 0.5) is 23.4 Å².